The number of hydrogen-bond donors (Lipinski definition) is 0. The molecule has 3 aromatic heterocycles. The van der Waals surface area contributed by atoms with Crippen LogP contribution in [0.3, 0.4) is 0 Å². The molecule has 280 valence electrons. The highest BCUT2D eigenvalue weighted by atomic mass is 16.3. The van der Waals surface area contributed by atoms with Gasteiger partial charge in [-0.15, -0.1) is 0 Å². The van der Waals surface area contributed by atoms with Crippen LogP contribution < -0.4 is 0 Å². The van der Waals surface area contributed by atoms with Crippen LogP contribution in [0.1, 0.15) is 12.3 Å². The summed E-state index contributed by atoms with van der Waals surface area (Å²) in [6.07, 6.45) is 0. The summed E-state index contributed by atoms with van der Waals surface area (Å²) in [7, 11) is 0. The van der Waals surface area contributed by atoms with Gasteiger partial charge in [0.05, 0.1) is 12.3 Å². The monoisotopic (exact) mass is 776 g/mol. The third-order valence-electron chi connectivity index (χ3n) is 10.9. The molecule has 9 aromatic carbocycles. The molecule has 0 saturated carbocycles. The second-order valence-electron chi connectivity index (χ2n) is 14.4. The van der Waals surface area contributed by atoms with Gasteiger partial charge in [-0.3, -0.25) is 0 Å². The van der Waals surface area contributed by atoms with Crippen LogP contribution in [0, 0.1) is 0 Å². The van der Waals surface area contributed by atoms with Gasteiger partial charge in [-0.05, 0) is 63.5 Å². The van der Waals surface area contributed by atoms with Crippen molar-refractivity contribution in [2.75, 3.05) is 0 Å². The molecule has 0 saturated heterocycles. The maximum atomic E-state index is 9.11. The Hall–Kier alpha value is -8.15. The largest absolute Gasteiger partial charge is 0.456 e. The number of aromatic nitrogens is 3. The van der Waals surface area contributed by atoms with Crippen molar-refractivity contribution in [2.24, 2.45) is 0 Å². The molecule has 0 N–H and O–H groups in total. The van der Waals surface area contributed by atoms with Gasteiger partial charge < -0.3 is 8.83 Å². The summed E-state index contributed by atoms with van der Waals surface area (Å²) in [5.41, 5.74) is 8.09. The Labute approximate surface area is 357 Å². The van der Waals surface area contributed by atoms with E-state index in [1.54, 1.807) is 24.3 Å². The first-order chi connectivity index (χ1) is 33.5. The molecular weight excluding hydrogens is 735 g/mol. The lowest BCUT2D eigenvalue weighted by Crippen LogP contribution is -2.00. The van der Waals surface area contributed by atoms with E-state index in [1.807, 2.05) is 103 Å². The van der Waals surface area contributed by atoms with Crippen LogP contribution in [0.15, 0.2) is 209 Å². The highest BCUT2D eigenvalue weighted by Gasteiger charge is 2.18. The van der Waals surface area contributed by atoms with E-state index in [0.717, 1.165) is 44.2 Å². The van der Waals surface area contributed by atoms with Gasteiger partial charge in [-0.1, -0.05) is 170 Å². The number of para-hydroxylation sites is 1. The summed E-state index contributed by atoms with van der Waals surface area (Å²) >= 11 is 0. The summed E-state index contributed by atoms with van der Waals surface area (Å²) in [6.45, 7) is 0. The predicted molar refractivity (Wildman–Crippen MR) is 245 cm³/mol. The minimum Gasteiger partial charge on any atom is -0.456 e. The van der Waals surface area contributed by atoms with Crippen molar-refractivity contribution in [1.29, 1.82) is 0 Å². The maximum absolute atomic E-state index is 9.11. The number of fused-ring (bicyclic) bond motifs is 8. The minimum absolute atomic E-state index is 0.0000771. The van der Waals surface area contributed by atoms with E-state index < -0.39 is 48.3 Å². The first-order valence-corrected chi connectivity index (χ1v) is 19.4. The zero-order chi connectivity index (χ0) is 47.4. The first kappa shape index (κ1) is 26.0. The summed E-state index contributed by atoms with van der Waals surface area (Å²) in [6, 6.07) is 43.2. The van der Waals surface area contributed by atoms with E-state index in [0.29, 0.717) is 39.7 Å². The van der Waals surface area contributed by atoms with Gasteiger partial charge in [0.2, 0.25) is 0 Å². The fourth-order valence-corrected chi connectivity index (χ4v) is 7.98. The van der Waals surface area contributed by atoms with E-state index in [2.05, 4.69) is 18.2 Å². The second kappa shape index (κ2) is 13.8. The molecule has 0 unspecified atom stereocenters. The fraction of sp³-hybridized carbons (Fsp3) is 0. The standard InChI is InChI=1S/C55H33N3O2/c1-3-12-34(13-4-1)39-17-9-18-40(32-39)54-56-53(57-55(58-54)41-29-31-47-49(33-41)59-48-23-11-20-42(50(47)48)35-14-5-2-6-15-35)38-26-24-37(25-27-38)44-21-10-22-45-46-30-28-36-16-7-8-19-43(36)52(46)60-51(44)45/h1-33H/i7D,8D,10D,16D,19D,21D,22D,28D,30D. The number of furan rings is 2. The normalized spacial score (nSPS) is 13.8. The molecule has 5 nitrogen and oxygen atoms in total. The van der Waals surface area contributed by atoms with Crippen molar-refractivity contribution in [3.8, 4) is 67.5 Å². The van der Waals surface area contributed by atoms with Gasteiger partial charge >= 0.3 is 0 Å². The van der Waals surface area contributed by atoms with Crippen LogP contribution in [-0.2, 0) is 0 Å². The van der Waals surface area contributed by atoms with E-state index in [-0.39, 0.29) is 44.3 Å². The molecule has 0 radical (unpaired) electrons. The second-order valence-corrected chi connectivity index (χ2v) is 14.4. The minimum atomic E-state index is -0.553. The Morgan fingerprint density at radius 1 is 0.350 bits per heavy atom. The lowest BCUT2D eigenvalue weighted by Gasteiger charge is -2.10. The van der Waals surface area contributed by atoms with Gasteiger partial charge in [0.15, 0.2) is 17.5 Å². The Morgan fingerprint density at radius 2 is 0.967 bits per heavy atom. The molecule has 0 aliphatic rings. The van der Waals surface area contributed by atoms with Crippen LogP contribution in [-0.4, -0.2) is 15.0 Å². The third-order valence-corrected chi connectivity index (χ3v) is 10.9. The number of rotatable bonds is 6. The van der Waals surface area contributed by atoms with E-state index in [9.17, 15) is 0 Å². The van der Waals surface area contributed by atoms with Gasteiger partial charge in [0.25, 0.3) is 0 Å². The molecule has 60 heavy (non-hydrogen) atoms. The van der Waals surface area contributed by atoms with Gasteiger partial charge in [-0.2, -0.15) is 0 Å². The van der Waals surface area contributed by atoms with Crippen molar-refractivity contribution < 1.29 is 21.2 Å². The van der Waals surface area contributed by atoms with E-state index in [1.165, 1.54) is 0 Å². The zero-order valence-electron chi connectivity index (χ0n) is 40.5. The summed E-state index contributed by atoms with van der Waals surface area (Å²) in [5.74, 6) is 1.19. The van der Waals surface area contributed by atoms with Gasteiger partial charge in [-0.25, -0.2) is 15.0 Å². The highest BCUT2D eigenvalue weighted by Crippen LogP contribution is 2.41. The van der Waals surface area contributed by atoms with Crippen LogP contribution >= 0.6 is 0 Å². The van der Waals surface area contributed by atoms with Crippen molar-refractivity contribution in [3.05, 3.63) is 200 Å². The van der Waals surface area contributed by atoms with Crippen LogP contribution in [0.4, 0.5) is 0 Å². The topological polar surface area (TPSA) is 65.0 Å². The molecule has 0 aliphatic heterocycles. The number of hydrogen-bond acceptors (Lipinski definition) is 5. The number of nitrogens with zero attached hydrogens (tertiary/aromatic N) is 3. The molecule has 5 heteroatoms. The predicted octanol–water partition coefficient (Wildman–Crippen LogP) is 14.8. The fourth-order valence-electron chi connectivity index (χ4n) is 7.98. The van der Waals surface area contributed by atoms with Gasteiger partial charge in [0.1, 0.15) is 22.3 Å². The highest BCUT2D eigenvalue weighted by molar-refractivity contribution is 6.17. The first-order valence-electron chi connectivity index (χ1n) is 23.9. The molecular formula is C55H33N3O2. The quantitative estimate of drug-likeness (QED) is 0.168. The summed E-state index contributed by atoms with van der Waals surface area (Å²) in [5, 5.41) is 1.62. The van der Waals surface area contributed by atoms with Crippen molar-refractivity contribution in [1.82, 2.24) is 15.0 Å². The maximum Gasteiger partial charge on any atom is 0.164 e. The van der Waals surface area contributed by atoms with Crippen LogP contribution in [0.5, 0.6) is 0 Å². The molecule has 3 heterocycles. The van der Waals surface area contributed by atoms with Crippen molar-refractivity contribution in [3.63, 3.8) is 0 Å². The smallest absolute Gasteiger partial charge is 0.164 e. The Balaban J connectivity index is 1.02. The van der Waals surface area contributed by atoms with E-state index in [4.69, 9.17) is 36.1 Å². The lowest BCUT2D eigenvalue weighted by atomic mass is 9.99. The van der Waals surface area contributed by atoms with Crippen LogP contribution in [0.25, 0.3) is 122 Å². The van der Waals surface area contributed by atoms with E-state index >= 15 is 0 Å². The summed E-state index contributed by atoms with van der Waals surface area (Å²) < 4.78 is 91.5. The molecule has 0 fully saturated rings. The third kappa shape index (κ3) is 5.67. The molecule has 0 aliphatic carbocycles. The Morgan fingerprint density at radius 3 is 1.78 bits per heavy atom. The Bertz CT molecular complexity index is 4120. The molecule has 12 aromatic rings. The van der Waals surface area contributed by atoms with Crippen molar-refractivity contribution >= 4 is 54.6 Å². The molecule has 0 spiro atoms. The molecule has 12 rings (SSSR count). The molecule has 0 bridgehead atoms. The molecule has 0 amide bonds. The average Bonchev–Trinajstić information content (AvgIpc) is 3.97. The Kier molecular flexibility index (Phi) is 5.95. The lowest BCUT2D eigenvalue weighted by molar-refractivity contribution is 0.669. The number of benzene rings is 9. The zero-order valence-corrected chi connectivity index (χ0v) is 31.5. The summed E-state index contributed by atoms with van der Waals surface area (Å²) in [4.78, 5) is 15.1. The van der Waals surface area contributed by atoms with Gasteiger partial charge in [0, 0.05) is 49.2 Å². The SMILES string of the molecule is [2H]c1c([2H])c([2H])c2c(oc3c4c([2H])c([2H])c([2H])c([2H])c4c([2H])c([2H])c32)c1-c1ccc(-c2nc(-c3cccc(-c4ccccc4)c3)nc(-c3ccc4c(c3)oc3cccc(-c5ccccc5)c34)n2)cc1. The van der Waals surface area contributed by atoms with Crippen LogP contribution in [0.2, 0.25) is 0 Å². The molecule has 0 atom stereocenters. The average molecular weight is 777 g/mol. The van der Waals surface area contributed by atoms with Crippen molar-refractivity contribution in [2.45, 2.75) is 0 Å².